The van der Waals surface area contributed by atoms with Crippen molar-refractivity contribution in [2.24, 2.45) is 0 Å². The van der Waals surface area contributed by atoms with E-state index in [0.717, 1.165) is 29.6 Å². The summed E-state index contributed by atoms with van der Waals surface area (Å²) in [5, 5.41) is 11.8. The van der Waals surface area contributed by atoms with E-state index in [9.17, 15) is 9.59 Å². The Morgan fingerprint density at radius 1 is 1.28 bits per heavy atom. The van der Waals surface area contributed by atoms with Crippen molar-refractivity contribution in [3.63, 3.8) is 0 Å². The minimum Gasteiger partial charge on any atom is -0.300 e. The van der Waals surface area contributed by atoms with E-state index in [4.69, 9.17) is 0 Å². The van der Waals surface area contributed by atoms with Crippen LogP contribution in [0.1, 0.15) is 36.4 Å². The van der Waals surface area contributed by atoms with E-state index in [-0.39, 0.29) is 11.5 Å². The number of carbonyl (C=O) groups excluding carboxylic acids is 1. The van der Waals surface area contributed by atoms with Crippen molar-refractivity contribution in [1.82, 2.24) is 20.0 Å². The fraction of sp³-hybridized carbons (Fsp3) is 0.353. The van der Waals surface area contributed by atoms with Crippen LogP contribution in [0.4, 0.5) is 5.13 Å². The van der Waals surface area contributed by atoms with Crippen LogP contribution in [0.2, 0.25) is 0 Å². The molecular weight excluding hydrogens is 338 g/mol. The second-order valence-corrected chi connectivity index (χ2v) is 7.20. The molecule has 0 saturated heterocycles. The van der Waals surface area contributed by atoms with Crippen LogP contribution in [-0.4, -0.2) is 25.9 Å². The lowest BCUT2D eigenvalue weighted by atomic mass is 10.0. The van der Waals surface area contributed by atoms with Crippen molar-refractivity contribution in [2.75, 3.05) is 5.32 Å². The highest BCUT2D eigenvalue weighted by molar-refractivity contribution is 7.15. The topological polar surface area (TPSA) is 89.8 Å². The maximum atomic E-state index is 12.6. The Morgan fingerprint density at radius 2 is 2.08 bits per heavy atom. The maximum Gasteiger partial charge on any atom is 0.278 e. The van der Waals surface area contributed by atoms with Gasteiger partial charge in [0.05, 0.1) is 11.1 Å². The lowest BCUT2D eigenvalue weighted by molar-refractivity contribution is -0.119. The van der Waals surface area contributed by atoms with E-state index in [1.165, 1.54) is 22.6 Å². The first-order chi connectivity index (χ1) is 12.1. The SMILES string of the molecule is C[C@@H](C(=O)Nc1nc2c(s1)CCCC2)n1nnc2ccccc2c1=O. The molecule has 7 nitrogen and oxygen atoms in total. The zero-order chi connectivity index (χ0) is 17.4. The number of rotatable bonds is 3. The lowest BCUT2D eigenvalue weighted by Crippen LogP contribution is -2.34. The monoisotopic (exact) mass is 355 g/mol. The third kappa shape index (κ3) is 2.93. The summed E-state index contributed by atoms with van der Waals surface area (Å²) in [5.41, 5.74) is 1.28. The largest absolute Gasteiger partial charge is 0.300 e. The molecule has 0 fully saturated rings. The fourth-order valence-corrected chi connectivity index (χ4v) is 4.03. The minimum absolute atomic E-state index is 0.322. The van der Waals surface area contributed by atoms with Crippen LogP contribution in [0.5, 0.6) is 0 Å². The molecular formula is C17H17N5O2S. The van der Waals surface area contributed by atoms with E-state index in [0.29, 0.717) is 16.0 Å². The molecule has 0 saturated carbocycles. The molecule has 25 heavy (non-hydrogen) atoms. The number of hydrogen-bond acceptors (Lipinski definition) is 6. The molecule has 1 aliphatic rings. The van der Waals surface area contributed by atoms with Crippen molar-refractivity contribution in [3.8, 4) is 0 Å². The molecule has 0 unspecified atom stereocenters. The quantitative estimate of drug-likeness (QED) is 0.779. The first-order valence-corrected chi connectivity index (χ1v) is 9.09. The van der Waals surface area contributed by atoms with Crippen molar-refractivity contribution in [2.45, 2.75) is 38.6 Å². The van der Waals surface area contributed by atoms with Crippen molar-refractivity contribution in [3.05, 3.63) is 45.2 Å². The van der Waals surface area contributed by atoms with E-state index in [1.54, 1.807) is 31.2 Å². The summed E-state index contributed by atoms with van der Waals surface area (Å²) < 4.78 is 1.12. The Labute approximate surface area is 147 Å². The number of nitrogens with zero attached hydrogens (tertiary/aromatic N) is 4. The predicted octanol–water partition coefficient (Wildman–Crippen LogP) is 2.33. The lowest BCUT2D eigenvalue weighted by Gasteiger charge is -2.12. The van der Waals surface area contributed by atoms with Gasteiger partial charge in [0.25, 0.3) is 11.5 Å². The van der Waals surface area contributed by atoms with E-state index < -0.39 is 6.04 Å². The van der Waals surface area contributed by atoms with Crippen LogP contribution in [0.25, 0.3) is 10.9 Å². The second-order valence-electron chi connectivity index (χ2n) is 6.12. The molecule has 1 aliphatic carbocycles. The van der Waals surface area contributed by atoms with Crippen molar-refractivity contribution in [1.29, 1.82) is 0 Å². The normalized spacial score (nSPS) is 14.9. The predicted molar refractivity (Wildman–Crippen MR) is 95.9 cm³/mol. The highest BCUT2D eigenvalue weighted by Crippen LogP contribution is 2.29. The second kappa shape index (κ2) is 6.36. The molecule has 0 bridgehead atoms. The number of thiazole rings is 1. The molecule has 1 atom stereocenters. The van der Waals surface area contributed by atoms with Crippen molar-refractivity contribution >= 4 is 33.3 Å². The van der Waals surface area contributed by atoms with Gasteiger partial charge in [0.1, 0.15) is 11.6 Å². The zero-order valence-electron chi connectivity index (χ0n) is 13.7. The number of aromatic nitrogens is 4. The maximum absolute atomic E-state index is 12.6. The summed E-state index contributed by atoms with van der Waals surface area (Å²) in [7, 11) is 0. The van der Waals surface area contributed by atoms with Gasteiger partial charge in [-0.15, -0.1) is 16.4 Å². The van der Waals surface area contributed by atoms with Gasteiger partial charge in [-0.2, -0.15) is 4.68 Å². The number of aryl methyl sites for hydroxylation is 2. The molecule has 128 valence electrons. The van der Waals surface area contributed by atoms with Crippen LogP contribution in [0.3, 0.4) is 0 Å². The number of hydrogen-bond donors (Lipinski definition) is 1. The molecule has 2 heterocycles. The van der Waals surface area contributed by atoms with Crippen molar-refractivity contribution < 1.29 is 4.79 Å². The number of anilines is 1. The summed E-state index contributed by atoms with van der Waals surface area (Å²) in [6, 6.07) is 6.19. The number of nitrogens with one attached hydrogen (secondary N) is 1. The Morgan fingerprint density at radius 3 is 2.92 bits per heavy atom. The third-order valence-corrected chi connectivity index (χ3v) is 5.49. The molecule has 1 amide bonds. The standard InChI is InChI=1S/C17H17N5O2S/c1-10(22-16(24)11-6-2-3-7-12(11)20-21-22)15(23)19-17-18-13-8-4-5-9-14(13)25-17/h2-3,6-7,10H,4-5,8-9H2,1H3,(H,18,19,23)/t10-/m0/s1. The van der Waals surface area contributed by atoms with Gasteiger partial charge in [0, 0.05) is 4.88 Å². The van der Waals surface area contributed by atoms with Gasteiger partial charge in [0.2, 0.25) is 0 Å². The summed E-state index contributed by atoms with van der Waals surface area (Å²) in [6.45, 7) is 1.63. The van der Waals surface area contributed by atoms with Gasteiger partial charge < -0.3 is 5.32 Å². The average molecular weight is 355 g/mol. The number of amides is 1. The summed E-state index contributed by atoms with van der Waals surface area (Å²) in [5.74, 6) is -0.322. The molecule has 1 aromatic carbocycles. The number of benzene rings is 1. The number of fused-ring (bicyclic) bond motifs is 2. The molecule has 0 aliphatic heterocycles. The number of carbonyl (C=O) groups is 1. The van der Waals surface area contributed by atoms with Gasteiger partial charge in [-0.1, -0.05) is 17.3 Å². The summed E-state index contributed by atoms with van der Waals surface area (Å²) in [6.07, 6.45) is 4.30. The summed E-state index contributed by atoms with van der Waals surface area (Å²) >= 11 is 1.52. The smallest absolute Gasteiger partial charge is 0.278 e. The van der Waals surface area contributed by atoms with Crippen LogP contribution < -0.4 is 10.9 Å². The molecule has 3 aromatic rings. The fourth-order valence-electron chi connectivity index (χ4n) is 2.98. The molecule has 1 N–H and O–H groups in total. The Balaban J connectivity index is 1.59. The Bertz CT molecular complexity index is 986. The van der Waals surface area contributed by atoms with E-state index in [1.807, 2.05) is 0 Å². The first-order valence-electron chi connectivity index (χ1n) is 8.27. The first kappa shape index (κ1) is 15.9. The highest BCUT2D eigenvalue weighted by atomic mass is 32.1. The van der Waals surface area contributed by atoms with Crippen LogP contribution in [0.15, 0.2) is 29.1 Å². The van der Waals surface area contributed by atoms with Gasteiger partial charge >= 0.3 is 0 Å². The van der Waals surface area contributed by atoms with Crippen LogP contribution >= 0.6 is 11.3 Å². The van der Waals surface area contributed by atoms with E-state index >= 15 is 0 Å². The van der Waals surface area contributed by atoms with Gasteiger partial charge in [0.15, 0.2) is 5.13 Å². The molecule has 0 spiro atoms. The van der Waals surface area contributed by atoms with Crippen LogP contribution in [-0.2, 0) is 17.6 Å². The van der Waals surface area contributed by atoms with Gasteiger partial charge in [-0.25, -0.2) is 4.98 Å². The average Bonchev–Trinajstić information content (AvgIpc) is 3.04. The van der Waals surface area contributed by atoms with Gasteiger partial charge in [-0.05, 0) is 44.7 Å². The summed E-state index contributed by atoms with van der Waals surface area (Å²) in [4.78, 5) is 30.8. The molecule has 8 heteroatoms. The molecule has 0 radical (unpaired) electrons. The Kier molecular flexibility index (Phi) is 4.04. The minimum atomic E-state index is -0.773. The highest BCUT2D eigenvalue weighted by Gasteiger charge is 2.22. The molecule has 4 rings (SSSR count). The van der Waals surface area contributed by atoms with E-state index in [2.05, 4.69) is 20.6 Å². The molecule has 2 aromatic heterocycles. The zero-order valence-corrected chi connectivity index (χ0v) is 14.5. The Hall–Kier alpha value is -2.61. The van der Waals surface area contributed by atoms with Gasteiger partial charge in [-0.3, -0.25) is 9.59 Å². The van der Waals surface area contributed by atoms with Crippen LogP contribution in [0, 0.1) is 0 Å². The third-order valence-electron chi connectivity index (χ3n) is 4.41.